The van der Waals surface area contributed by atoms with Crippen LogP contribution in [0.2, 0.25) is 0 Å². The lowest BCUT2D eigenvalue weighted by molar-refractivity contribution is -0.131. The van der Waals surface area contributed by atoms with Crippen molar-refractivity contribution in [3.05, 3.63) is 28.1 Å². The van der Waals surface area contributed by atoms with Gasteiger partial charge in [-0.05, 0) is 35.0 Å². The highest BCUT2D eigenvalue weighted by atomic mass is 79.9. The summed E-state index contributed by atoms with van der Waals surface area (Å²) in [6.07, 6.45) is 2.44. The molecule has 1 rings (SSSR count). The monoisotopic (exact) mass is 230 g/mol. The normalized spacial score (nSPS) is 10.8. The summed E-state index contributed by atoms with van der Waals surface area (Å²) in [4.78, 5) is 10.1. The lowest BCUT2D eigenvalue weighted by atomic mass is 10.4. The molecule has 1 aromatic rings. The van der Waals surface area contributed by atoms with Crippen molar-refractivity contribution in [3.8, 4) is 0 Å². The second-order valence-electron chi connectivity index (χ2n) is 2.22. The molecular formula is C8H7BrO3. The molecule has 0 aliphatic carbocycles. The van der Waals surface area contributed by atoms with E-state index in [1.54, 1.807) is 13.0 Å². The van der Waals surface area contributed by atoms with Crippen molar-refractivity contribution >= 4 is 28.0 Å². The van der Waals surface area contributed by atoms with E-state index in [4.69, 9.17) is 9.52 Å². The standard InChI is InChI=1S/C8H7BrO3/c1-5-7(9)4-6(12-5)2-3-8(10)11/h2-4H,1H3,(H,10,11). The van der Waals surface area contributed by atoms with Gasteiger partial charge in [-0.3, -0.25) is 0 Å². The van der Waals surface area contributed by atoms with Crippen LogP contribution in [0.3, 0.4) is 0 Å². The highest BCUT2D eigenvalue weighted by Gasteiger charge is 2.01. The zero-order valence-electron chi connectivity index (χ0n) is 6.37. The van der Waals surface area contributed by atoms with Crippen molar-refractivity contribution in [3.63, 3.8) is 0 Å². The summed E-state index contributed by atoms with van der Waals surface area (Å²) < 4.78 is 6.01. The van der Waals surface area contributed by atoms with Crippen LogP contribution >= 0.6 is 15.9 Å². The minimum absolute atomic E-state index is 0.529. The van der Waals surface area contributed by atoms with Crippen LogP contribution in [0.5, 0.6) is 0 Å². The van der Waals surface area contributed by atoms with Gasteiger partial charge in [0.2, 0.25) is 0 Å². The Morgan fingerprint density at radius 2 is 2.42 bits per heavy atom. The van der Waals surface area contributed by atoms with Crippen molar-refractivity contribution < 1.29 is 14.3 Å². The van der Waals surface area contributed by atoms with Gasteiger partial charge in [0, 0.05) is 6.08 Å². The summed E-state index contributed by atoms with van der Waals surface area (Å²) in [6.45, 7) is 1.79. The summed E-state index contributed by atoms with van der Waals surface area (Å²) in [6, 6.07) is 1.72. The van der Waals surface area contributed by atoms with Crippen LogP contribution in [0.4, 0.5) is 0 Å². The van der Waals surface area contributed by atoms with Gasteiger partial charge < -0.3 is 9.52 Å². The highest BCUT2D eigenvalue weighted by molar-refractivity contribution is 9.10. The van der Waals surface area contributed by atoms with E-state index in [9.17, 15) is 4.79 Å². The van der Waals surface area contributed by atoms with E-state index < -0.39 is 5.97 Å². The van der Waals surface area contributed by atoms with E-state index in [2.05, 4.69) is 15.9 Å². The Morgan fingerprint density at radius 3 is 2.83 bits per heavy atom. The summed E-state index contributed by atoms with van der Waals surface area (Å²) in [5.74, 6) is 0.280. The lowest BCUT2D eigenvalue weighted by Crippen LogP contribution is -1.84. The van der Waals surface area contributed by atoms with Crippen LogP contribution in [-0.4, -0.2) is 11.1 Å². The van der Waals surface area contributed by atoms with Gasteiger partial charge in [0.05, 0.1) is 4.47 Å². The van der Waals surface area contributed by atoms with Crippen LogP contribution in [0, 0.1) is 6.92 Å². The van der Waals surface area contributed by atoms with Gasteiger partial charge in [0.1, 0.15) is 11.5 Å². The van der Waals surface area contributed by atoms with E-state index in [0.29, 0.717) is 5.76 Å². The van der Waals surface area contributed by atoms with Crippen LogP contribution in [0.1, 0.15) is 11.5 Å². The Bertz CT molecular complexity index is 306. The van der Waals surface area contributed by atoms with Crippen molar-refractivity contribution in [2.75, 3.05) is 0 Å². The predicted molar refractivity (Wildman–Crippen MR) is 47.8 cm³/mol. The minimum atomic E-state index is -0.986. The zero-order valence-corrected chi connectivity index (χ0v) is 7.96. The molecular weight excluding hydrogens is 224 g/mol. The van der Waals surface area contributed by atoms with Crippen molar-refractivity contribution in [2.24, 2.45) is 0 Å². The first kappa shape index (κ1) is 9.06. The number of carboxylic acids is 1. The zero-order chi connectivity index (χ0) is 9.14. The molecule has 0 amide bonds. The maximum Gasteiger partial charge on any atom is 0.328 e. The maximum atomic E-state index is 10.1. The van der Waals surface area contributed by atoms with Gasteiger partial charge in [-0.2, -0.15) is 0 Å². The maximum absolute atomic E-state index is 10.1. The molecule has 0 aromatic carbocycles. The molecule has 1 N–H and O–H groups in total. The summed E-state index contributed by atoms with van der Waals surface area (Å²) in [7, 11) is 0. The number of carboxylic acid groups (broad SMARTS) is 1. The average molecular weight is 231 g/mol. The fourth-order valence-corrected chi connectivity index (χ4v) is 1.02. The first-order chi connectivity index (χ1) is 5.59. The van der Waals surface area contributed by atoms with Crippen LogP contribution in [-0.2, 0) is 4.79 Å². The van der Waals surface area contributed by atoms with E-state index >= 15 is 0 Å². The van der Waals surface area contributed by atoms with E-state index in [1.165, 1.54) is 6.08 Å². The fourth-order valence-electron chi connectivity index (χ4n) is 0.717. The molecule has 0 spiro atoms. The van der Waals surface area contributed by atoms with Gasteiger partial charge >= 0.3 is 5.97 Å². The Balaban J connectivity index is 2.83. The summed E-state index contributed by atoms with van der Waals surface area (Å²) in [5, 5.41) is 8.31. The third-order valence-corrected chi connectivity index (χ3v) is 2.05. The fraction of sp³-hybridized carbons (Fsp3) is 0.125. The smallest absolute Gasteiger partial charge is 0.328 e. The molecule has 0 bridgehead atoms. The Hall–Kier alpha value is -1.03. The molecule has 0 aliphatic heterocycles. The molecule has 0 aliphatic rings. The van der Waals surface area contributed by atoms with Gasteiger partial charge in [-0.1, -0.05) is 0 Å². The number of furan rings is 1. The first-order valence-electron chi connectivity index (χ1n) is 3.26. The molecule has 12 heavy (non-hydrogen) atoms. The molecule has 0 saturated carbocycles. The third-order valence-electron chi connectivity index (χ3n) is 1.27. The molecule has 0 saturated heterocycles. The largest absolute Gasteiger partial charge is 0.478 e. The minimum Gasteiger partial charge on any atom is -0.478 e. The predicted octanol–water partition coefficient (Wildman–Crippen LogP) is 2.45. The highest BCUT2D eigenvalue weighted by Crippen LogP contribution is 2.21. The lowest BCUT2D eigenvalue weighted by Gasteiger charge is -1.82. The summed E-state index contributed by atoms with van der Waals surface area (Å²) >= 11 is 3.25. The molecule has 1 aromatic heterocycles. The Kier molecular flexibility index (Phi) is 2.70. The van der Waals surface area contributed by atoms with Crippen molar-refractivity contribution in [1.82, 2.24) is 0 Å². The number of rotatable bonds is 2. The number of carbonyl (C=O) groups is 1. The van der Waals surface area contributed by atoms with Gasteiger partial charge in [0.25, 0.3) is 0 Å². The molecule has 0 radical (unpaired) electrons. The molecule has 1 heterocycles. The first-order valence-corrected chi connectivity index (χ1v) is 4.06. The van der Waals surface area contributed by atoms with Crippen LogP contribution in [0.15, 0.2) is 21.0 Å². The topological polar surface area (TPSA) is 50.4 Å². The van der Waals surface area contributed by atoms with E-state index in [0.717, 1.165) is 16.3 Å². The van der Waals surface area contributed by atoms with E-state index in [1.807, 2.05) is 0 Å². The van der Waals surface area contributed by atoms with Crippen LogP contribution < -0.4 is 0 Å². The Morgan fingerprint density at radius 1 is 1.75 bits per heavy atom. The molecule has 0 atom stereocenters. The quantitative estimate of drug-likeness (QED) is 0.795. The Labute approximate surface area is 77.8 Å². The molecule has 0 unspecified atom stereocenters. The molecule has 64 valence electrons. The number of hydrogen-bond donors (Lipinski definition) is 1. The SMILES string of the molecule is Cc1oc(C=CC(=O)O)cc1Br. The number of hydrogen-bond acceptors (Lipinski definition) is 2. The average Bonchev–Trinajstić information content (AvgIpc) is 2.28. The second-order valence-corrected chi connectivity index (χ2v) is 3.08. The van der Waals surface area contributed by atoms with E-state index in [-0.39, 0.29) is 0 Å². The van der Waals surface area contributed by atoms with Gasteiger partial charge in [-0.25, -0.2) is 4.79 Å². The van der Waals surface area contributed by atoms with Crippen molar-refractivity contribution in [2.45, 2.75) is 6.92 Å². The summed E-state index contributed by atoms with van der Waals surface area (Å²) in [5.41, 5.74) is 0. The van der Waals surface area contributed by atoms with Gasteiger partial charge in [-0.15, -0.1) is 0 Å². The van der Waals surface area contributed by atoms with Crippen molar-refractivity contribution in [1.29, 1.82) is 0 Å². The molecule has 0 fully saturated rings. The molecule has 3 nitrogen and oxygen atoms in total. The van der Waals surface area contributed by atoms with Gasteiger partial charge in [0.15, 0.2) is 0 Å². The second kappa shape index (κ2) is 3.58. The molecule has 4 heteroatoms. The number of aryl methyl sites for hydroxylation is 1. The number of halogens is 1. The van der Waals surface area contributed by atoms with Crippen LogP contribution in [0.25, 0.3) is 6.08 Å². The number of aliphatic carboxylic acids is 1. The third kappa shape index (κ3) is 2.23.